The summed E-state index contributed by atoms with van der Waals surface area (Å²) in [5.41, 5.74) is 2.27. The third-order valence-corrected chi connectivity index (χ3v) is 5.89. The molecule has 0 bridgehead atoms. The molecule has 1 atom stereocenters. The van der Waals surface area contributed by atoms with Crippen molar-refractivity contribution < 1.29 is 9.59 Å². The Kier molecular flexibility index (Phi) is 7.38. The number of hydrogen-bond acceptors (Lipinski definition) is 2. The summed E-state index contributed by atoms with van der Waals surface area (Å²) in [6.45, 7) is 5.10. The molecule has 0 spiro atoms. The van der Waals surface area contributed by atoms with E-state index in [1.54, 1.807) is 12.1 Å². The zero-order valence-electron chi connectivity index (χ0n) is 19.6. The molecule has 0 aliphatic heterocycles. The zero-order chi connectivity index (χ0) is 23.9. The molecule has 2 amide bonds. The van der Waals surface area contributed by atoms with Crippen molar-refractivity contribution in [1.82, 2.24) is 10.2 Å². The maximum absolute atomic E-state index is 13.8. The number of fused-ring (bicyclic) bond motifs is 1. The fourth-order valence-corrected chi connectivity index (χ4v) is 4.30. The molecule has 0 saturated heterocycles. The minimum Gasteiger partial charge on any atom is -0.350 e. The first-order valence-electron chi connectivity index (χ1n) is 11.7. The van der Waals surface area contributed by atoms with Gasteiger partial charge in [0.2, 0.25) is 0 Å². The average molecular weight is 451 g/mol. The van der Waals surface area contributed by atoms with Gasteiger partial charge in [-0.1, -0.05) is 92.7 Å². The van der Waals surface area contributed by atoms with Crippen LogP contribution in [-0.2, 0) is 0 Å². The van der Waals surface area contributed by atoms with Gasteiger partial charge in [-0.15, -0.1) is 0 Å². The molecule has 0 heterocycles. The molecule has 0 aliphatic rings. The van der Waals surface area contributed by atoms with Crippen LogP contribution in [0.4, 0.5) is 0 Å². The Morgan fingerprint density at radius 3 is 2.00 bits per heavy atom. The molecule has 34 heavy (non-hydrogen) atoms. The maximum Gasteiger partial charge on any atom is 0.254 e. The van der Waals surface area contributed by atoms with Crippen molar-refractivity contribution >= 4 is 22.6 Å². The lowest BCUT2D eigenvalue weighted by molar-refractivity contribution is 0.0638. The third kappa shape index (κ3) is 5.34. The molecule has 4 aromatic carbocycles. The highest BCUT2D eigenvalue weighted by Gasteiger charge is 2.28. The van der Waals surface area contributed by atoms with Crippen molar-refractivity contribution in [3.63, 3.8) is 0 Å². The molecule has 172 valence electrons. The number of rotatable bonds is 8. The summed E-state index contributed by atoms with van der Waals surface area (Å²) in [5.74, 6) is 0.0682. The van der Waals surface area contributed by atoms with Gasteiger partial charge in [-0.05, 0) is 46.5 Å². The summed E-state index contributed by atoms with van der Waals surface area (Å²) in [6, 6.07) is 32.5. The quantitative estimate of drug-likeness (QED) is 0.352. The monoisotopic (exact) mass is 450 g/mol. The molecule has 0 aromatic heterocycles. The second kappa shape index (κ2) is 10.8. The van der Waals surface area contributed by atoms with Gasteiger partial charge >= 0.3 is 0 Å². The van der Waals surface area contributed by atoms with Crippen LogP contribution in [0.25, 0.3) is 10.8 Å². The van der Waals surface area contributed by atoms with E-state index in [-0.39, 0.29) is 23.8 Å². The molecule has 4 heteroatoms. The summed E-state index contributed by atoms with van der Waals surface area (Å²) in [7, 11) is 0. The topological polar surface area (TPSA) is 49.4 Å². The molecule has 1 N–H and O–H groups in total. The second-order valence-corrected chi connectivity index (χ2v) is 8.88. The zero-order valence-corrected chi connectivity index (χ0v) is 19.6. The molecule has 4 nitrogen and oxygen atoms in total. The summed E-state index contributed by atoms with van der Waals surface area (Å²) in [4.78, 5) is 28.6. The molecule has 0 saturated carbocycles. The molecule has 0 fully saturated rings. The predicted octanol–water partition coefficient (Wildman–Crippen LogP) is 6.11. The lowest BCUT2D eigenvalue weighted by Gasteiger charge is -2.34. The smallest absolute Gasteiger partial charge is 0.254 e. The Morgan fingerprint density at radius 2 is 1.32 bits per heavy atom. The van der Waals surface area contributed by atoms with Crippen LogP contribution in [0.15, 0.2) is 103 Å². The van der Waals surface area contributed by atoms with E-state index in [2.05, 4.69) is 43.4 Å². The van der Waals surface area contributed by atoms with Gasteiger partial charge in [0.1, 0.15) is 0 Å². The number of hydrogen-bond donors (Lipinski definition) is 1. The van der Waals surface area contributed by atoms with Crippen molar-refractivity contribution in [3.8, 4) is 0 Å². The Morgan fingerprint density at radius 1 is 0.735 bits per heavy atom. The van der Waals surface area contributed by atoms with Gasteiger partial charge in [0.25, 0.3) is 11.8 Å². The van der Waals surface area contributed by atoms with Crippen molar-refractivity contribution in [1.29, 1.82) is 0 Å². The third-order valence-electron chi connectivity index (χ3n) is 5.89. The van der Waals surface area contributed by atoms with E-state index in [4.69, 9.17) is 0 Å². The number of carbonyl (C=O) groups is 2. The Hall–Kier alpha value is -3.92. The molecular weight excluding hydrogens is 420 g/mol. The molecule has 4 aromatic rings. The van der Waals surface area contributed by atoms with Crippen LogP contribution in [0.2, 0.25) is 0 Å². The molecule has 1 unspecified atom stereocenters. The van der Waals surface area contributed by atoms with E-state index in [1.807, 2.05) is 71.6 Å². The number of carbonyl (C=O) groups excluding carboxylic acids is 2. The van der Waals surface area contributed by atoms with Gasteiger partial charge in [0, 0.05) is 24.2 Å². The van der Waals surface area contributed by atoms with E-state index in [9.17, 15) is 9.59 Å². The van der Waals surface area contributed by atoms with Gasteiger partial charge < -0.3 is 10.2 Å². The van der Waals surface area contributed by atoms with Crippen LogP contribution in [0, 0.1) is 5.92 Å². The largest absolute Gasteiger partial charge is 0.350 e. The summed E-state index contributed by atoms with van der Waals surface area (Å²) < 4.78 is 0. The van der Waals surface area contributed by atoms with Gasteiger partial charge in [-0.3, -0.25) is 9.59 Å². The highest BCUT2D eigenvalue weighted by Crippen LogP contribution is 2.30. The minimum absolute atomic E-state index is 0.0406. The van der Waals surface area contributed by atoms with E-state index >= 15 is 0 Å². The Labute approximate surface area is 201 Å². The van der Waals surface area contributed by atoms with Gasteiger partial charge in [-0.25, -0.2) is 0 Å². The minimum atomic E-state index is -0.325. The molecule has 4 rings (SSSR count). The van der Waals surface area contributed by atoms with Crippen molar-refractivity contribution in [2.75, 3.05) is 13.1 Å². The predicted molar refractivity (Wildman–Crippen MR) is 138 cm³/mol. The summed E-state index contributed by atoms with van der Waals surface area (Å²) in [6.07, 6.45) is 0. The van der Waals surface area contributed by atoms with Crippen LogP contribution in [-0.4, -0.2) is 29.8 Å². The standard InChI is InChI=1S/C30H30N2O2/c1-22(2)21-32(30(34)25-15-7-4-8-16-25)28(20-31-29(33)24-13-5-3-6-14-24)27-19-11-17-23-12-9-10-18-26(23)27/h3-19,22,28H,20-21H2,1-2H3,(H,31,33). The first-order chi connectivity index (χ1) is 16.5. The van der Waals surface area contributed by atoms with Crippen LogP contribution in [0.3, 0.4) is 0 Å². The van der Waals surface area contributed by atoms with Gasteiger partial charge in [0.05, 0.1) is 6.04 Å². The molecular formula is C30H30N2O2. The summed E-state index contributed by atoms with van der Waals surface area (Å²) in [5, 5.41) is 5.28. The van der Waals surface area contributed by atoms with E-state index < -0.39 is 0 Å². The van der Waals surface area contributed by atoms with E-state index in [1.165, 1.54) is 0 Å². The van der Waals surface area contributed by atoms with Crippen LogP contribution in [0.5, 0.6) is 0 Å². The first kappa shape index (κ1) is 23.2. The first-order valence-corrected chi connectivity index (χ1v) is 11.7. The van der Waals surface area contributed by atoms with Crippen molar-refractivity contribution in [3.05, 3.63) is 120 Å². The highest BCUT2D eigenvalue weighted by molar-refractivity contribution is 5.96. The average Bonchev–Trinajstić information content (AvgIpc) is 2.88. The van der Waals surface area contributed by atoms with Crippen LogP contribution < -0.4 is 5.32 Å². The highest BCUT2D eigenvalue weighted by atomic mass is 16.2. The lowest BCUT2D eigenvalue weighted by atomic mass is 9.96. The van der Waals surface area contributed by atoms with Crippen molar-refractivity contribution in [2.45, 2.75) is 19.9 Å². The number of benzene rings is 4. The van der Waals surface area contributed by atoms with Crippen molar-refractivity contribution in [2.24, 2.45) is 5.92 Å². The normalized spacial score (nSPS) is 11.9. The second-order valence-electron chi connectivity index (χ2n) is 8.88. The van der Waals surface area contributed by atoms with Crippen LogP contribution in [0.1, 0.15) is 46.2 Å². The van der Waals surface area contributed by atoms with E-state index in [0.29, 0.717) is 24.2 Å². The fraction of sp³-hybridized carbons (Fsp3) is 0.200. The van der Waals surface area contributed by atoms with Gasteiger partial charge in [0.15, 0.2) is 0 Å². The van der Waals surface area contributed by atoms with Crippen LogP contribution >= 0.6 is 0 Å². The number of nitrogens with one attached hydrogen (secondary N) is 1. The number of nitrogens with zero attached hydrogens (tertiary/aromatic N) is 1. The Bertz CT molecular complexity index is 1250. The SMILES string of the molecule is CC(C)CN(C(=O)c1ccccc1)C(CNC(=O)c1ccccc1)c1cccc2ccccc12. The molecule has 0 radical (unpaired) electrons. The van der Waals surface area contributed by atoms with E-state index in [0.717, 1.165) is 16.3 Å². The fourth-order valence-electron chi connectivity index (χ4n) is 4.30. The Balaban J connectivity index is 1.76. The molecule has 0 aliphatic carbocycles. The summed E-state index contributed by atoms with van der Waals surface area (Å²) >= 11 is 0. The lowest BCUT2D eigenvalue weighted by Crippen LogP contribution is -2.43. The number of amides is 2. The van der Waals surface area contributed by atoms with Gasteiger partial charge in [-0.2, -0.15) is 0 Å². The maximum atomic E-state index is 13.8.